The van der Waals surface area contributed by atoms with Gasteiger partial charge in [0.25, 0.3) is 11.8 Å². The third-order valence-corrected chi connectivity index (χ3v) is 2.91. The molecule has 0 unspecified atom stereocenters. The Labute approximate surface area is 125 Å². The topological polar surface area (TPSA) is 60.9 Å². The van der Waals surface area contributed by atoms with Gasteiger partial charge in [0.05, 0.1) is 0 Å². The molecule has 114 valence electrons. The number of barbiturate groups is 1. The number of allylic oxidation sites excluding steroid dienone is 4. The molecule has 0 radical (unpaired) electrons. The van der Waals surface area contributed by atoms with Crippen LogP contribution in [0.3, 0.4) is 0 Å². The summed E-state index contributed by atoms with van der Waals surface area (Å²) in [7, 11) is 3.78. The Balaban J connectivity index is 3.00. The summed E-state index contributed by atoms with van der Waals surface area (Å²) in [5, 5.41) is 0. The van der Waals surface area contributed by atoms with Crippen LogP contribution in [0.25, 0.3) is 0 Å². The number of hydrogen-bond donors (Lipinski definition) is 0. The summed E-state index contributed by atoms with van der Waals surface area (Å²) in [6, 6.07) is -0.552. The van der Waals surface area contributed by atoms with E-state index < -0.39 is 17.8 Å². The molecule has 1 aliphatic rings. The monoisotopic (exact) mass is 291 g/mol. The lowest BCUT2D eigenvalue weighted by molar-refractivity contribution is -0.135. The van der Waals surface area contributed by atoms with Gasteiger partial charge in [-0.25, -0.2) is 4.79 Å². The number of nitrogens with zero attached hydrogens (tertiary/aromatic N) is 3. The molecule has 1 fully saturated rings. The third-order valence-electron chi connectivity index (χ3n) is 2.91. The van der Waals surface area contributed by atoms with Crippen LogP contribution < -0.4 is 0 Å². The van der Waals surface area contributed by atoms with Gasteiger partial charge in [-0.15, -0.1) is 0 Å². The molecular formula is C15H21N3O3. The van der Waals surface area contributed by atoms with Gasteiger partial charge in [0.1, 0.15) is 5.57 Å². The fourth-order valence-electron chi connectivity index (χ4n) is 1.84. The Morgan fingerprint density at radius 2 is 1.43 bits per heavy atom. The Morgan fingerprint density at radius 3 is 1.86 bits per heavy atom. The molecule has 0 aromatic rings. The zero-order chi connectivity index (χ0) is 16.0. The second-order valence-electron chi connectivity index (χ2n) is 4.65. The van der Waals surface area contributed by atoms with Crippen LogP contribution in [-0.4, -0.2) is 59.7 Å². The molecule has 0 bridgehead atoms. The van der Waals surface area contributed by atoms with E-state index in [0.717, 1.165) is 9.80 Å². The van der Waals surface area contributed by atoms with Crippen LogP contribution in [0.4, 0.5) is 4.79 Å². The average molecular weight is 291 g/mol. The highest BCUT2D eigenvalue weighted by atomic mass is 16.2. The Bertz CT molecular complexity index is 490. The van der Waals surface area contributed by atoms with Gasteiger partial charge in [0, 0.05) is 27.2 Å². The molecule has 0 aliphatic carbocycles. The second-order valence-corrected chi connectivity index (χ2v) is 4.65. The number of hydrogen-bond acceptors (Lipinski definition) is 4. The normalized spacial score (nSPS) is 16.6. The lowest BCUT2D eigenvalue weighted by Crippen LogP contribution is -2.56. The molecule has 1 aliphatic heterocycles. The predicted octanol–water partition coefficient (Wildman–Crippen LogP) is 1.37. The van der Waals surface area contributed by atoms with Crippen LogP contribution in [-0.2, 0) is 9.59 Å². The van der Waals surface area contributed by atoms with Crippen LogP contribution in [0.1, 0.15) is 13.8 Å². The van der Waals surface area contributed by atoms with Crippen molar-refractivity contribution in [3.05, 3.63) is 36.1 Å². The van der Waals surface area contributed by atoms with Gasteiger partial charge in [0.2, 0.25) is 0 Å². The second kappa shape index (κ2) is 7.42. The SMILES string of the molecule is CCN1C(=O)C(=C/C=C/C=C/N(C)C)C(=O)N(CC)C1=O. The van der Waals surface area contributed by atoms with E-state index in [2.05, 4.69) is 0 Å². The van der Waals surface area contributed by atoms with E-state index in [-0.39, 0.29) is 18.7 Å². The summed E-state index contributed by atoms with van der Waals surface area (Å²) in [5.74, 6) is -1.09. The molecular weight excluding hydrogens is 270 g/mol. The lowest BCUT2D eigenvalue weighted by Gasteiger charge is -2.32. The maximum absolute atomic E-state index is 12.1. The van der Waals surface area contributed by atoms with E-state index in [1.807, 2.05) is 25.2 Å². The van der Waals surface area contributed by atoms with Crippen molar-refractivity contribution in [2.75, 3.05) is 27.2 Å². The molecule has 21 heavy (non-hydrogen) atoms. The van der Waals surface area contributed by atoms with Crippen molar-refractivity contribution in [1.29, 1.82) is 0 Å². The standard InChI is InChI=1S/C15H21N3O3/c1-5-17-13(19)12(10-8-7-9-11-16(3)4)14(20)18(6-2)15(17)21/h7-11H,5-6H2,1-4H3/b8-7+,11-9+. The van der Waals surface area contributed by atoms with Crippen LogP contribution in [0.5, 0.6) is 0 Å². The number of likely N-dealkylation sites (N-methyl/N-ethyl adjacent to an activating group) is 2. The molecule has 4 amide bonds. The van der Waals surface area contributed by atoms with Gasteiger partial charge in [-0.05, 0) is 32.2 Å². The fourth-order valence-corrected chi connectivity index (χ4v) is 1.84. The Hall–Kier alpha value is -2.37. The average Bonchev–Trinajstić information content (AvgIpc) is 2.42. The Kier molecular flexibility index (Phi) is 5.90. The van der Waals surface area contributed by atoms with E-state index in [0.29, 0.717) is 0 Å². The molecule has 1 saturated heterocycles. The highest BCUT2D eigenvalue weighted by Crippen LogP contribution is 2.17. The van der Waals surface area contributed by atoms with Gasteiger partial charge >= 0.3 is 6.03 Å². The lowest BCUT2D eigenvalue weighted by atomic mass is 10.1. The molecule has 1 rings (SSSR count). The predicted molar refractivity (Wildman–Crippen MR) is 80.2 cm³/mol. The highest BCUT2D eigenvalue weighted by molar-refractivity contribution is 6.28. The highest BCUT2D eigenvalue weighted by Gasteiger charge is 2.39. The van der Waals surface area contributed by atoms with Crippen molar-refractivity contribution in [2.24, 2.45) is 0 Å². The first-order chi connectivity index (χ1) is 9.93. The van der Waals surface area contributed by atoms with Crippen LogP contribution in [0, 0.1) is 0 Å². The van der Waals surface area contributed by atoms with Crippen LogP contribution in [0.15, 0.2) is 36.1 Å². The van der Waals surface area contributed by atoms with Crippen molar-refractivity contribution < 1.29 is 14.4 Å². The largest absolute Gasteiger partial charge is 0.383 e. The maximum Gasteiger partial charge on any atom is 0.333 e. The molecule has 6 heteroatoms. The quantitative estimate of drug-likeness (QED) is 0.436. The van der Waals surface area contributed by atoms with E-state index in [9.17, 15) is 14.4 Å². The zero-order valence-corrected chi connectivity index (χ0v) is 12.9. The first-order valence-electron chi connectivity index (χ1n) is 6.83. The minimum atomic E-state index is -0.552. The summed E-state index contributed by atoms with van der Waals surface area (Å²) in [6.07, 6.45) is 8.40. The van der Waals surface area contributed by atoms with E-state index in [4.69, 9.17) is 0 Å². The van der Waals surface area contributed by atoms with Crippen molar-refractivity contribution in [2.45, 2.75) is 13.8 Å². The smallest absolute Gasteiger partial charge is 0.333 e. The number of rotatable bonds is 5. The van der Waals surface area contributed by atoms with Crippen molar-refractivity contribution in [1.82, 2.24) is 14.7 Å². The molecule has 0 saturated carbocycles. The summed E-state index contributed by atoms with van der Waals surface area (Å²) in [6.45, 7) is 3.88. The molecule has 6 nitrogen and oxygen atoms in total. The van der Waals surface area contributed by atoms with Gasteiger partial charge in [-0.1, -0.05) is 12.2 Å². The van der Waals surface area contributed by atoms with E-state index in [1.165, 1.54) is 6.08 Å². The number of amides is 4. The van der Waals surface area contributed by atoms with Gasteiger partial charge in [0.15, 0.2) is 0 Å². The van der Waals surface area contributed by atoms with E-state index in [1.54, 1.807) is 32.1 Å². The van der Waals surface area contributed by atoms with Crippen molar-refractivity contribution >= 4 is 17.8 Å². The van der Waals surface area contributed by atoms with Gasteiger partial charge in [-0.2, -0.15) is 0 Å². The first-order valence-corrected chi connectivity index (χ1v) is 6.83. The summed E-state index contributed by atoms with van der Waals surface area (Å²) < 4.78 is 0. The first kappa shape index (κ1) is 16.7. The van der Waals surface area contributed by atoms with Crippen LogP contribution in [0.2, 0.25) is 0 Å². The van der Waals surface area contributed by atoms with Crippen molar-refractivity contribution in [3.63, 3.8) is 0 Å². The van der Waals surface area contributed by atoms with Crippen LogP contribution >= 0.6 is 0 Å². The molecule has 0 spiro atoms. The number of urea groups is 1. The number of imide groups is 2. The molecule has 0 aromatic heterocycles. The summed E-state index contributed by atoms with van der Waals surface area (Å²) in [5.41, 5.74) is 0.00723. The van der Waals surface area contributed by atoms with Gasteiger partial charge in [-0.3, -0.25) is 19.4 Å². The molecule has 0 N–H and O–H groups in total. The summed E-state index contributed by atoms with van der Waals surface area (Å²) >= 11 is 0. The fraction of sp³-hybridized carbons (Fsp3) is 0.400. The summed E-state index contributed by atoms with van der Waals surface area (Å²) in [4.78, 5) is 40.2. The minimum Gasteiger partial charge on any atom is -0.383 e. The zero-order valence-electron chi connectivity index (χ0n) is 12.9. The van der Waals surface area contributed by atoms with E-state index >= 15 is 0 Å². The molecule has 0 atom stereocenters. The molecule has 1 heterocycles. The maximum atomic E-state index is 12.1. The number of carbonyl (C=O) groups is 3. The Morgan fingerprint density at radius 1 is 0.905 bits per heavy atom. The minimum absolute atomic E-state index is 0.00723. The number of carbonyl (C=O) groups excluding carboxylic acids is 3. The third kappa shape index (κ3) is 3.81. The van der Waals surface area contributed by atoms with Gasteiger partial charge < -0.3 is 4.90 Å². The van der Waals surface area contributed by atoms with Crippen molar-refractivity contribution in [3.8, 4) is 0 Å². The molecule has 0 aromatic carbocycles.